The number of hydrogen-bond acceptors (Lipinski definition) is 10. The molecule has 46 heavy (non-hydrogen) atoms. The molecular weight excluding hydrogens is 592 g/mol. The van der Waals surface area contributed by atoms with Gasteiger partial charge in [0.2, 0.25) is 0 Å². The van der Waals surface area contributed by atoms with Crippen LogP contribution < -0.4 is 0 Å². The number of esters is 4. The Kier molecular flexibility index (Phi) is 10.9. The van der Waals surface area contributed by atoms with E-state index in [-0.39, 0.29) is 23.3 Å². The Bertz CT molecular complexity index is 1600. The number of carbonyl (C=O) groups is 4. The van der Waals surface area contributed by atoms with Crippen molar-refractivity contribution < 1.29 is 47.6 Å². The first-order valence-corrected chi connectivity index (χ1v) is 14.7. The Hall–Kier alpha value is -5.32. The molecule has 4 aromatic rings. The van der Waals surface area contributed by atoms with Gasteiger partial charge in [-0.3, -0.25) is 0 Å². The van der Waals surface area contributed by atoms with E-state index in [0.29, 0.717) is 5.56 Å². The molecule has 1 saturated heterocycles. The van der Waals surface area contributed by atoms with Crippen molar-refractivity contribution in [3.8, 4) is 0 Å². The molecule has 5 rings (SSSR count). The largest absolute Gasteiger partial charge is 0.459 e. The molecule has 10 nitrogen and oxygen atoms in total. The fraction of sp³-hybridized carbons (Fsp3) is 0.222. The molecule has 4 aromatic carbocycles. The maximum Gasteiger partial charge on any atom is 0.338 e. The van der Waals surface area contributed by atoms with Gasteiger partial charge in [0.25, 0.3) is 0 Å². The number of rotatable bonds is 11. The van der Waals surface area contributed by atoms with Crippen molar-refractivity contribution in [1.82, 2.24) is 0 Å². The molecule has 1 fully saturated rings. The van der Waals surface area contributed by atoms with Gasteiger partial charge in [-0.15, -0.1) is 0 Å². The first-order valence-electron chi connectivity index (χ1n) is 14.7. The minimum Gasteiger partial charge on any atom is -0.459 e. The molecule has 1 heterocycles. The molecule has 0 radical (unpaired) electrons. The highest BCUT2D eigenvalue weighted by Gasteiger charge is 2.53. The predicted octanol–water partition coefficient (Wildman–Crippen LogP) is 5.28. The van der Waals surface area contributed by atoms with E-state index >= 15 is 0 Å². The number of carbonyl (C=O) groups excluding carboxylic acids is 4. The summed E-state index contributed by atoms with van der Waals surface area (Å²) in [7, 11) is 0. The summed E-state index contributed by atoms with van der Waals surface area (Å²) in [5.74, 6) is -2.94. The van der Waals surface area contributed by atoms with Gasteiger partial charge in [0.05, 0.1) is 22.3 Å². The van der Waals surface area contributed by atoms with Crippen LogP contribution in [-0.4, -0.2) is 67.8 Å². The highest BCUT2D eigenvalue weighted by Crippen LogP contribution is 2.31. The maximum atomic E-state index is 13.5. The first kappa shape index (κ1) is 32.1. The van der Waals surface area contributed by atoms with Crippen molar-refractivity contribution in [2.45, 2.75) is 37.6 Å². The van der Waals surface area contributed by atoms with Crippen LogP contribution in [-0.2, 0) is 28.4 Å². The zero-order chi connectivity index (χ0) is 32.3. The third kappa shape index (κ3) is 8.03. The SMILES string of the molecule is CCO[C@@H]1O[C@H](COC(=O)c2ccccc2)[C@H](OC(=O)c2ccccc2)[C@H](OC(=O)c2ccccc2)[C@H]1OC(=O)c1ccccc1. The second-order valence-electron chi connectivity index (χ2n) is 10.2. The summed E-state index contributed by atoms with van der Waals surface area (Å²) < 4.78 is 35.4. The monoisotopic (exact) mass is 624 g/mol. The van der Waals surface area contributed by atoms with Crippen LogP contribution in [0.2, 0.25) is 0 Å². The quantitative estimate of drug-likeness (QED) is 0.161. The van der Waals surface area contributed by atoms with Gasteiger partial charge >= 0.3 is 23.9 Å². The average Bonchev–Trinajstić information content (AvgIpc) is 3.11. The Labute approximate surface area is 265 Å². The van der Waals surface area contributed by atoms with Crippen LogP contribution in [0.5, 0.6) is 0 Å². The molecule has 0 spiro atoms. The molecule has 236 valence electrons. The van der Waals surface area contributed by atoms with Gasteiger partial charge in [-0.2, -0.15) is 0 Å². The van der Waals surface area contributed by atoms with Crippen molar-refractivity contribution in [2.75, 3.05) is 13.2 Å². The highest BCUT2D eigenvalue weighted by molar-refractivity contribution is 5.91. The zero-order valence-corrected chi connectivity index (χ0v) is 24.9. The Morgan fingerprint density at radius 3 is 1.30 bits per heavy atom. The molecule has 1 aliphatic heterocycles. The van der Waals surface area contributed by atoms with Gasteiger partial charge in [0.15, 0.2) is 24.6 Å². The maximum absolute atomic E-state index is 13.5. The molecule has 0 N–H and O–H groups in total. The summed E-state index contributed by atoms with van der Waals surface area (Å²) in [5, 5.41) is 0. The minimum atomic E-state index is -1.45. The van der Waals surface area contributed by atoms with Crippen LogP contribution in [0.25, 0.3) is 0 Å². The third-order valence-electron chi connectivity index (χ3n) is 7.07. The lowest BCUT2D eigenvalue weighted by atomic mass is 9.97. The Morgan fingerprint density at radius 1 is 0.522 bits per heavy atom. The molecule has 0 bridgehead atoms. The van der Waals surface area contributed by atoms with Crippen molar-refractivity contribution in [1.29, 1.82) is 0 Å². The third-order valence-corrected chi connectivity index (χ3v) is 7.07. The molecule has 0 aliphatic carbocycles. The standard InChI is InChI=1S/C36H32O10/c1-2-41-36-31(46-35(40)27-21-13-6-14-22-27)30(45-34(39)26-19-11-5-12-20-26)29(44-33(38)25-17-9-4-10-18-25)28(43-36)23-42-32(37)24-15-7-3-8-16-24/h3-22,28-31,36H,2,23H2,1H3/t28-,29+,30+,31-,36-/m1/s1. The second kappa shape index (κ2) is 15.6. The van der Waals surface area contributed by atoms with Gasteiger partial charge < -0.3 is 28.4 Å². The Balaban J connectivity index is 1.52. The molecular formula is C36H32O10. The van der Waals surface area contributed by atoms with Crippen molar-refractivity contribution in [2.24, 2.45) is 0 Å². The number of ether oxygens (including phenoxy) is 6. The fourth-order valence-corrected chi connectivity index (χ4v) is 4.83. The van der Waals surface area contributed by atoms with Crippen molar-refractivity contribution in [3.05, 3.63) is 144 Å². The van der Waals surface area contributed by atoms with Crippen LogP contribution in [0.4, 0.5) is 0 Å². The van der Waals surface area contributed by atoms with E-state index in [2.05, 4.69) is 0 Å². The fourth-order valence-electron chi connectivity index (χ4n) is 4.83. The topological polar surface area (TPSA) is 124 Å². The number of hydrogen-bond donors (Lipinski definition) is 0. The first-order chi connectivity index (χ1) is 22.4. The second-order valence-corrected chi connectivity index (χ2v) is 10.2. The van der Waals surface area contributed by atoms with Gasteiger partial charge in [-0.25, -0.2) is 19.2 Å². The van der Waals surface area contributed by atoms with E-state index in [9.17, 15) is 19.2 Å². The van der Waals surface area contributed by atoms with Crippen LogP contribution in [0.3, 0.4) is 0 Å². The van der Waals surface area contributed by atoms with Gasteiger partial charge in [0, 0.05) is 6.61 Å². The normalized spacial score (nSPS) is 20.6. The van der Waals surface area contributed by atoms with Gasteiger partial charge in [0.1, 0.15) is 12.7 Å². The van der Waals surface area contributed by atoms with Crippen LogP contribution >= 0.6 is 0 Å². The molecule has 1 aliphatic rings. The van der Waals surface area contributed by atoms with E-state index in [1.54, 1.807) is 128 Å². The van der Waals surface area contributed by atoms with Crippen molar-refractivity contribution in [3.63, 3.8) is 0 Å². The molecule has 5 atom stereocenters. The van der Waals surface area contributed by atoms with E-state index in [0.717, 1.165) is 0 Å². The lowest BCUT2D eigenvalue weighted by Crippen LogP contribution is -2.63. The minimum absolute atomic E-state index is 0.119. The van der Waals surface area contributed by atoms with Gasteiger partial charge in [-0.1, -0.05) is 72.8 Å². The van der Waals surface area contributed by atoms with E-state index in [1.807, 2.05) is 0 Å². The summed E-state index contributed by atoms with van der Waals surface area (Å²) in [6.45, 7) is 1.41. The zero-order valence-electron chi connectivity index (χ0n) is 24.9. The lowest BCUT2D eigenvalue weighted by molar-refractivity contribution is -0.297. The lowest BCUT2D eigenvalue weighted by Gasteiger charge is -2.44. The van der Waals surface area contributed by atoms with E-state index in [1.165, 1.54) is 0 Å². The Morgan fingerprint density at radius 2 is 0.891 bits per heavy atom. The van der Waals surface area contributed by atoms with E-state index < -0.39 is 61.2 Å². The van der Waals surface area contributed by atoms with Crippen LogP contribution in [0.15, 0.2) is 121 Å². The number of benzene rings is 4. The smallest absolute Gasteiger partial charge is 0.338 e. The summed E-state index contributed by atoms with van der Waals surface area (Å²) in [6, 6.07) is 32.9. The molecule has 0 unspecified atom stereocenters. The summed E-state index contributed by atoms with van der Waals surface area (Å²) in [6.07, 6.45) is -6.74. The van der Waals surface area contributed by atoms with Gasteiger partial charge in [-0.05, 0) is 55.5 Å². The molecule has 0 aromatic heterocycles. The van der Waals surface area contributed by atoms with Crippen molar-refractivity contribution >= 4 is 23.9 Å². The average molecular weight is 625 g/mol. The summed E-state index contributed by atoms with van der Waals surface area (Å²) in [4.78, 5) is 53.1. The van der Waals surface area contributed by atoms with Crippen LogP contribution in [0, 0.1) is 0 Å². The van der Waals surface area contributed by atoms with E-state index in [4.69, 9.17) is 28.4 Å². The van der Waals surface area contributed by atoms with Crippen LogP contribution in [0.1, 0.15) is 48.4 Å². The molecule has 10 heteroatoms. The predicted molar refractivity (Wildman–Crippen MR) is 164 cm³/mol. The highest BCUT2D eigenvalue weighted by atomic mass is 16.7. The summed E-state index contributed by atoms with van der Waals surface area (Å²) >= 11 is 0. The summed E-state index contributed by atoms with van der Waals surface area (Å²) in [5.41, 5.74) is 0.928. The molecule has 0 saturated carbocycles. The molecule has 0 amide bonds.